The fraction of sp³-hybridized carbons (Fsp3) is 0.231. The first-order valence-corrected chi connectivity index (χ1v) is 4.97. The Morgan fingerprint density at radius 2 is 1.93 bits per heavy atom. The van der Waals surface area contributed by atoms with Crippen molar-refractivity contribution in [3.8, 4) is 5.75 Å². The van der Waals surface area contributed by atoms with Gasteiger partial charge in [0.25, 0.3) is 0 Å². The average Bonchev–Trinajstić information content (AvgIpc) is 2.94. The molecule has 0 amide bonds. The minimum absolute atomic E-state index is 0.252. The van der Waals surface area contributed by atoms with Crippen LogP contribution in [0.5, 0.6) is 5.75 Å². The number of phenols is 1. The summed E-state index contributed by atoms with van der Waals surface area (Å²) in [5.41, 5.74) is 1.57. The first-order chi connectivity index (χ1) is 6.81. The van der Waals surface area contributed by atoms with Crippen LogP contribution in [0.2, 0.25) is 0 Å². The highest BCUT2D eigenvalue weighted by atomic mass is 16.3. The van der Waals surface area contributed by atoms with E-state index in [1.54, 1.807) is 12.1 Å². The Balaban J connectivity index is 2.01. The third kappa shape index (κ3) is 0.955. The zero-order chi connectivity index (χ0) is 9.60. The van der Waals surface area contributed by atoms with Crippen LogP contribution in [0.25, 0.3) is 0 Å². The summed E-state index contributed by atoms with van der Waals surface area (Å²) in [6.07, 6.45) is 10.0. The minimum atomic E-state index is 0.252. The number of hydrogen-bond acceptors (Lipinski definition) is 1. The van der Waals surface area contributed by atoms with Gasteiger partial charge in [0.2, 0.25) is 0 Å². The van der Waals surface area contributed by atoms with Gasteiger partial charge in [0.15, 0.2) is 0 Å². The highest BCUT2D eigenvalue weighted by Crippen LogP contribution is 2.57. The second-order valence-electron chi connectivity index (χ2n) is 4.14. The van der Waals surface area contributed by atoms with Gasteiger partial charge in [-0.15, -0.1) is 0 Å². The largest absolute Gasteiger partial charge is 0.508 e. The summed E-state index contributed by atoms with van der Waals surface area (Å²) in [6, 6.07) is 7.59. The van der Waals surface area contributed by atoms with E-state index in [1.807, 2.05) is 12.1 Å². The molecule has 0 aliphatic heterocycles. The third-order valence-corrected chi connectivity index (χ3v) is 3.31. The van der Waals surface area contributed by atoms with Crippen molar-refractivity contribution in [3.63, 3.8) is 0 Å². The Bertz CT molecular complexity index is 413. The van der Waals surface area contributed by atoms with Gasteiger partial charge in [-0.25, -0.2) is 0 Å². The summed E-state index contributed by atoms with van der Waals surface area (Å²) in [4.78, 5) is 0. The number of aromatic hydroxyl groups is 1. The molecule has 1 heteroatoms. The zero-order valence-corrected chi connectivity index (χ0v) is 7.85. The fourth-order valence-electron chi connectivity index (χ4n) is 2.36. The number of rotatable bonds is 1. The van der Waals surface area contributed by atoms with Crippen LogP contribution >= 0.6 is 0 Å². The molecule has 0 spiro atoms. The molecule has 70 valence electrons. The molecular weight excluding hydrogens is 172 g/mol. The van der Waals surface area contributed by atoms with Crippen molar-refractivity contribution in [2.45, 2.75) is 11.8 Å². The third-order valence-electron chi connectivity index (χ3n) is 3.31. The zero-order valence-electron chi connectivity index (χ0n) is 7.85. The predicted molar refractivity (Wildman–Crippen MR) is 56.2 cm³/mol. The van der Waals surface area contributed by atoms with E-state index in [0.717, 1.165) is 0 Å². The van der Waals surface area contributed by atoms with Crippen molar-refractivity contribution in [1.29, 1.82) is 0 Å². The SMILES string of the molecule is Oc1ccc(C23C=CC=CC2C3)cc1. The highest BCUT2D eigenvalue weighted by molar-refractivity contribution is 5.46. The minimum Gasteiger partial charge on any atom is -0.508 e. The van der Waals surface area contributed by atoms with Gasteiger partial charge in [-0.05, 0) is 30.0 Å². The first-order valence-electron chi connectivity index (χ1n) is 4.97. The molecule has 1 N–H and O–H groups in total. The first kappa shape index (κ1) is 7.86. The molecule has 2 atom stereocenters. The van der Waals surface area contributed by atoms with Gasteiger partial charge in [0.1, 0.15) is 5.75 Å². The Hall–Kier alpha value is -1.50. The number of benzene rings is 1. The summed E-state index contributed by atoms with van der Waals surface area (Å²) in [5.74, 6) is 1.02. The second-order valence-corrected chi connectivity index (χ2v) is 4.14. The molecule has 0 radical (unpaired) electrons. The molecule has 2 unspecified atom stereocenters. The van der Waals surface area contributed by atoms with Crippen molar-refractivity contribution < 1.29 is 5.11 Å². The topological polar surface area (TPSA) is 20.2 Å². The lowest BCUT2D eigenvalue weighted by Crippen LogP contribution is -2.06. The predicted octanol–water partition coefficient (Wildman–Crippen LogP) is 2.78. The van der Waals surface area contributed by atoms with E-state index in [9.17, 15) is 5.11 Å². The van der Waals surface area contributed by atoms with Gasteiger partial charge in [0.05, 0.1) is 0 Å². The van der Waals surface area contributed by atoms with E-state index in [1.165, 1.54) is 12.0 Å². The van der Waals surface area contributed by atoms with E-state index >= 15 is 0 Å². The van der Waals surface area contributed by atoms with Gasteiger partial charge >= 0.3 is 0 Å². The van der Waals surface area contributed by atoms with Gasteiger partial charge in [0, 0.05) is 5.41 Å². The van der Waals surface area contributed by atoms with Crippen LogP contribution in [-0.2, 0) is 5.41 Å². The lowest BCUT2D eigenvalue weighted by atomic mass is 9.90. The van der Waals surface area contributed by atoms with E-state index < -0.39 is 0 Å². The van der Waals surface area contributed by atoms with Gasteiger partial charge in [-0.3, -0.25) is 0 Å². The van der Waals surface area contributed by atoms with Gasteiger partial charge in [-0.2, -0.15) is 0 Å². The van der Waals surface area contributed by atoms with Gasteiger partial charge < -0.3 is 5.11 Å². The molecule has 0 heterocycles. The molecule has 1 aromatic carbocycles. The Labute approximate surface area is 83.4 Å². The summed E-state index contributed by atoms with van der Waals surface area (Å²) in [7, 11) is 0. The molecule has 1 aromatic rings. The number of hydrogen-bond donors (Lipinski definition) is 1. The van der Waals surface area contributed by atoms with Crippen molar-refractivity contribution in [2.75, 3.05) is 0 Å². The van der Waals surface area contributed by atoms with E-state index in [4.69, 9.17) is 0 Å². The molecule has 1 saturated carbocycles. The maximum Gasteiger partial charge on any atom is 0.115 e. The molecular formula is C13H12O. The molecule has 2 aliphatic rings. The Morgan fingerprint density at radius 3 is 2.64 bits per heavy atom. The van der Waals surface area contributed by atoms with E-state index in [-0.39, 0.29) is 5.41 Å². The van der Waals surface area contributed by atoms with Crippen molar-refractivity contribution in [2.24, 2.45) is 5.92 Å². The quantitative estimate of drug-likeness (QED) is 0.711. The number of allylic oxidation sites excluding steroid dienone is 4. The van der Waals surface area contributed by atoms with Crippen molar-refractivity contribution >= 4 is 0 Å². The molecule has 1 fully saturated rings. The van der Waals surface area contributed by atoms with E-state index in [0.29, 0.717) is 11.7 Å². The lowest BCUT2D eigenvalue weighted by Gasteiger charge is -2.14. The molecule has 0 saturated heterocycles. The van der Waals surface area contributed by atoms with E-state index in [2.05, 4.69) is 24.3 Å². The maximum absolute atomic E-state index is 9.22. The normalized spacial score (nSPS) is 32.7. The summed E-state index contributed by atoms with van der Waals surface area (Å²) < 4.78 is 0. The standard InChI is InChI=1S/C13H12O/c14-12-6-4-10(5-7-12)13-8-2-1-3-11(13)9-13/h1-8,11,14H,9H2. The lowest BCUT2D eigenvalue weighted by molar-refractivity contribution is 0.475. The molecule has 0 aromatic heterocycles. The summed E-state index contributed by atoms with van der Waals surface area (Å²) in [5, 5.41) is 9.22. The van der Waals surface area contributed by atoms with Crippen LogP contribution in [0.4, 0.5) is 0 Å². The molecule has 3 rings (SSSR count). The van der Waals surface area contributed by atoms with Gasteiger partial charge in [-0.1, -0.05) is 36.4 Å². The Kier molecular flexibility index (Phi) is 1.41. The monoisotopic (exact) mass is 184 g/mol. The average molecular weight is 184 g/mol. The van der Waals surface area contributed by atoms with Crippen LogP contribution in [0.3, 0.4) is 0 Å². The van der Waals surface area contributed by atoms with Crippen molar-refractivity contribution in [3.05, 3.63) is 54.1 Å². The fourth-order valence-corrected chi connectivity index (χ4v) is 2.36. The van der Waals surface area contributed by atoms with Crippen LogP contribution in [0.15, 0.2) is 48.6 Å². The molecule has 1 nitrogen and oxygen atoms in total. The Morgan fingerprint density at radius 1 is 1.14 bits per heavy atom. The highest BCUT2D eigenvalue weighted by Gasteiger charge is 2.52. The molecule has 14 heavy (non-hydrogen) atoms. The number of phenolic OH excluding ortho intramolecular Hbond substituents is 1. The smallest absolute Gasteiger partial charge is 0.115 e. The maximum atomic E-state index is 9.22. The van der Waals surface area contributed by atoms with Crippen LogP contribution in [0.1, 0.15) is 12.0 Å². The van der Waals surface area contributed by atoms with Crippen LogP contribution in [0, 0.1) is 5.92 Å². The second kappa shape index (κ2) is 2.50. The van der Waals surface area contributed by atoms with Crippen LogP contribution in [-0.4, -0.2) is 5.11 Å². The summed E-state index contributed by atoms with van der Waals surface area (Å²) in [6.45, 7) is 0. The molecule has 2 aliphatic carbocycles. The molecule has 0 bridgehead atoms. The summed E-state index contributed by atoms with van der Waals surface area (Å²) >= 11 is 0. The number of fused-ring (bicyclic) bond motifs is 1. The van der Waals surface area contributed by atoms with Crippen LogP contribution < -0.4 is 0 Å². The van der Waals surface area contributed by atoms with Crippen molar-refractivity contribution in [1.82, 2.24) is 0 Å².